The molecule has 0 saturated heterocycles. The predicted octanol–water partition coefficient (Wildman–Crippen LogP) is 1.06. The largest absolute Gasteiger partial charge is 0.481 e. The van der Waals surface area contributed by atoms with E-state index in [1.807, 2.05) is 4.68 Å². The number of carboxylic acids is 1. The zero-order chi connectivity index (χ0) is 14.0. The van der Waals surface area contributed by atoms with E-state index in [1.54, 1.807) is 20.0 Å². The highest BCUT2D eigenvalue weighted by atomic mass is 16.4. The molecule has 0 bridgehead atoms. The molecule has 0 atom stereocenters. The molecular weight excluding hydrogens is 246 g/mol. The maximum absolute atomic E-state index is 12.1. The van der Waals surface area contributed by atoms with Gasteiger partial charge in [0.1, 0.15) is 0 Å². The van der Waals surface area contributed by atoms with Gasteiger partial charge in [-0.05, 0) is 33.1 Å². The van der Waals surface area contributed by atoms with E-state index in [4.69, 9.17) is 5.11 Å². The standard InChI is InChI=1S/C13H19N3O3/c1-13(2,12(18)19)8-14-11(17)9-7-15-16-6-4-3-5-10(9)16/h7H,3-6,8H2,1-2H3,(H,14,17)(H,18,19). The molecular formula is C13H19N3O3. The summed E-state index contributed by atoms with van der Waals surface area (Å²) in [6.45, 7) is 4.13. The first kappa shape index (κ1) is 13.6. The van der Waals surface area contributed by atoms with Crippen LogP contribution in [0.2, 0.25) is 0 Å². The molecule has 0 fully saturated rings. The van der Waals surface area contributed by atoms with Gasteiger partial charge in [0.15, 0.2) is 0 Å². The Kier molecular flexibility index (Phi) is 3.59. The zero-order valence-corrected chi connectivity index (χ0v) is 11.3. The second-order valence-electron chi connectivity index (χ2n) is 5.56. The topological polar surface area (TPSA) is 84.2 Å². The normalized spacial score (nSPS) is 14.8. The molecule has 104 valence electrons. The second-order valence-corrected chi connectivity index (χ2v) is 5.56. The van der Waals surface area contributed by atoms with Gasteiger partial charge in [-0.3, -0.25) is 14.3 Å². The van der Waals surface area contributed by atoms with E-state index in [2.05, 4.69) is 10.4 Å². The summed E-state index contributed by atoms with van der Waals surface area (Å²) in [5, 5.41) is 15.9. The number of aliphatic carboxylic acids is 1. The molecule has 0 saturated carbocycles. The molecule has 1 aliphatic rings. The number of aryl methyl sites for hydroxylation is 1. The summed E-state index contributed by atoms with van der Waals surface area (Å²) in [5.41, 5.74) is 0.556. The lowest BCUT2D eigenvalue weighted by Crippen LogP contribution is -2.39. The number of hydrogen-bond donors (Lipinski definition) is 2. The minimum atomic E-state index is -0.969. The molecule has 6 heteroatoms. The highest BCUT2D eigenvalue weighted by Crippen LogP contribution is 2.19. The summed E-state index contributed by atoms with van der Waals surface area (Å²) in [7, 11) is 0. The van der Waals surface area contributed by atoms with Gasteiger partial charge in [0, 0.05) is 13.1 Å². The summed E-state index contributed by atoms with van der Waals surface area (Å²) in [4.78, 5) is 23.1. The quantitative estimate of drug-likeness (QED) is 0.852. The van der Waals surface area contributed by atoms with Crippen LogP contribution in [0.15, 0.2) is 6.20 Å². The first-order valence-electron chi connectivity index (χ1n) is 6.48. The number of nitrogens with one attached hydrogen (secondary N) is 1. The van der Waals surface area contributed by atoms with Gasteiger partial charge in [0.05, 0.1) is 22.9 Å². The van der Waals surface area contributed by atoms with Crippen LogP contribution >= 0.6 is 0 Å². The highest BCUT2D eigenvalue weighted by molar-refractivity contribution is 5.95. The molecule has 0 aliphatic carbocycles. The van der Waals surface area contributed by atoms with Crippen molar-refractivity contribution < 1.29 is 14.7 Å². The minimum Gasteiger partial charge on any atom is -0.481 e. The molecule has 2 rings (SSSR count). The van der Waals surface area contributed by atoms with Crippen molar-refractivity contribution in [2.45, 2.75) is 39.7 Å². The summed E-state index contributed by atoms with van der Waals surface area (Å²) in [6, 6.07) is 0. The molecule has 2 N–H and O–H groups in total. The molecule has 0 unspecified atom stereocenters. The van der Waals surface area contributed by atoms with Crippen LogP contribution in [0.4, 0.5) is 0 Å². The summed E-state index contributed by atoms with van der Waals surface area (Å²) in [6.07, 6.45) is 4.57. The lowest BCUT2D eigenvalue weighted by atomic mass is 9.94. The van der Waals surface area contributed by atoms with Crippen molar-refractivity contribution in [3.63, 3.8) is 0 Å². The maximum Gasteiger partial charge on any atom is 0.310 e. The average molecular weight is 265 g/mol. The molecule has 19 heavy (non-hydrogen) atoms. The van der Waals surface area contributed by atoms with Crippen LogP contribution in [0.3, 0.4) is 0 Å². The van der Waals surface area contributed by atoms with Crippen molar-refractivity contribution in [2.24, 2.45) is 5.41 Å². The number of carboxylic acid groups (broad SMARTS) is 1. The Bertz CT molecular complexity index is 505. The Morgan fingerprint density at radius 3 is 2.89 bits per heavy atom. The van der Waals surface area contributed by atoms with E-state index in [0.29, 0.717) is 5.56 Å². The van der Waals surface area contributed by atoms with Crippen LogP contribution in [0, 0.1) is 5.41 Å². The smallest absolute Gasteiger partial charge is 0.310 e. The number of nitrogens with zero attached hydrogens (tertiary/aromatic N) is 2. The number of amides is 1. The third-order valence-corrected chi connectivity index (χ3v) is 3.50. The number of fused-ring (bicyclic) bond motifs is 1. The Morgan fingerprint density at radius 2 is 2.21 bits per heavy atom. The van der Waals surface area contributed by atoms with Crippen LogP contribution < -0.4 is 5.32 Å². The Morgan fingerprint density at radius 1 is 1.47 bits per heavy atom. The van der Waals surface area contributed by atoms with Crippen molar-refractivity contribution in [1.82, 2.24) is 15.1 Å². The fraction of sp³-hybridized carbons (Fsp3) is 0.615. The number of rotatable bonds is 4. The molecule has 2 heterocycles. The summed E-state index contributed by atoms with van der Waals surface area (Å²) in [5.74, 6) is -1.16. The SMILES string of the molecule is CC(C)(CNC(=O)c1cnn2c1CCCC2)C(=O)O. The van der Waals surface area contributed by atoms with Crippen molar-refractivity contribution in [1.29, 1.82) is 0 Å². The van der Waals surface area contributed by atoms with E-state index in [9.17, 15) is 9.59 Å². The van der Waals surface area contributed by atoms with Crippen LogP contribution in [-0.4, -0.2) is 33.3 Å². The van der Waals surface area contributed by atoms with E-state index >= 15 is 0 Å². The number of carbonyl (C=O) groups excluding carboxylic acids is 1. The predicted molar refractivity (Wildman–Crippen MR) is 68.9 cm³/mol. The molecule has 1 aromatic heterocycles. The van der Waals surface area contributed by atoms with E-state index in [1.165, 1.54) is 0 Å². The Hall–Kier alpha value is -1.85. The van der Waals surface area contributed by atoms with Crippen molar-refractivity contribution >= 4 is 11.9 Å². The van der Waals surface area contributed by atoms with Gasteiger partial charge in [-0.2, -0.15) is 5.10 Å². The molecule has 1 aliphatic heterocycles. The Labute approximate surface area is 111 Å². The summed E-state index contributed by atoms with van der Waals surface area (Å²) >= 11 is 0. The van der Waals surface area contributed by atoms with Crippen LogP contribution in [0.5, 0.6) is 0 Å². The molecule has 1 aromatic rings. The van der Waals surface area contributed by atoms with Gasteiger partial charge in [0.25, 0.3) is 5.91 Å². The third-order valence-electron chi connectivity index (χ3n) is 3.50. The average Bonchev–Trinajstić information content (AvgIpc) is 2.79. The molecule has 6 nitrogen and oxygen atoms in total. The lowest BCUT2D eigenvalue weighted by molar-refractivity contribution is -0.146. The molecule has 0 radical (unpaired) electrons. The van der Waals surface area contributed by atoms with Crippen molar-refractivity contribution in [3.8, 4) is 0 Å². The van der Waals surface area contributed by atoms with Gasteiger partial charge >= 0.3 is 5.97 Å². The van der Waals surface area contributed by atoms with Crippen molar-refractivity contribution in [2.75, 3.05) is 6.54 Å². The number of carbonyl (C=O) groups is 2. The number of hydrogen-bond acceptors (Lipinski definition) is 3. The van der Waals surface area contributed by atoms with Crippen LogP contribution in [0.1, 0.15) is 42.7 Å². The first-order chi connectivity index (χ1) is 8.92. The highest BCUT2D eigenvalue weighted by Gasteiger charge is 2.28. The molecule has 0 spiro atoms. The van der Waals surface area contributed by atoms with Gasteiger partial charge < -0.3 is 10.4 Å². The minimum absolute atomic E-state index is 0.103. The monoisotopic (exact) mass is 265 g/mol. The van der Waals surface area contributed by atoms with Gasteiger partial charge in [-0.1, -0.05) is 0 Å². The zero-order valence-electron chi connectivity index (χ0n) is 11.3. The Balaban J connectivity index is 2.05. The number of aromatic nitrogens is 2. The summed E-state index contributed by atoms with van der Waals surface area (Å²) < 4.78 is 1.86. The third kappa shape index (κ3) is 2.77. The van der Waals surface area contributed by atoms with Crippen LogP contribution in [0.25, 0.3) is 0 Å². The second kappa shape index (κ2) is 5.03. The van der Waals surface area contributed by atoms with Gasteiger partial charge in [-0.25, -0.2) is 0 Å². The van der Waals surface area contributed by atoms with Gasteiger partial charge in [0.2, 0.25) is 0 Å². The maximum atomic E-state index is 12.1. The van der Waals surface area contributed by atoms with E-state index in [-0.39, 0.29) is 12.5 Å². The first-order valence-corrected chi connectivity index (χ1v) is 6.48. The fourth-order valence-corrected chi connectivity index (χ4v) is 2.08. The van der Waals surface area contributed by atoms with Gasteiger partial charge in [-0.15, -0.1) is 0 Å². The van der Waals surface area contributed by atoms with Crippen LogP contribution in [-0.2, 0) is 17.8 Å². The fourth-order valence-electron chi connectivity index (χ4n) is 2.08. The van der Waals surface area contributed by atoms with E-state index in [0.717, 1.165) is 31.5 Å². The van der Waals surface area contributed by atoms with E-state index < -0.39 is 11.4 Å². The molecule has 1 amide bonds. The van der Waals surface area contributed by atoms with Crippen molar-refractivity contribution in [3.05, 3.63) is 17.5 Å². The lowest BCUT2D eigenvalue weighted by Gasteiger charge is -2.20. The molecule has 0 aromatic carbocycles.